The summed E-state index contributed by atoms with van der Waals surface area (Å²) in [6.07, 6.45) is 0. The van der Waals surface area contributed by atoms with Gasteiger partial charge in [0.15, 0.2) is 0 Å². The molecule has 0 fully saturated rings. The Hall–Kier alpha value is -3.27. The summed E-state index contributed by atoms with van der Waals surface area (Å²) in [5.41, 5.74) is 3.40. The van der Waals surface area contributed by atoms with Gasteiger partial charge in [0.2, 0.25) is 0 Å². The lowest BCUT2D eigenvalue weighted by Crippen LogP contribution is -1.96. The van der Waals surface area contributed by atoms with Crippen LogP contribution < -0.4 is 5.32 Å². The van der Waals surface area contributed by atoms with Crippen LogP contribution in [0.5, 0.6) is 0 Å². The van der Waals surface area contributed by atoms with Crippen LogP contribution in [-0.4, -0.2) is 12.0 Å². The highest BCUT2D eigenvalue weighted by atomic mass is 19.1. The number of aromatic nitrogens is 1. The molecule has 0 bridgehead atoms. The molecule has 0 unspecified atom stereocenters. The summed E-state index contributed by atoms with van der Waals surface area (Å²) in [4.78, 5) is 4.66. The molecule has 4 rings (SSSR count). The number of pyridine rings is 1. The Bertz CT molecular complexity index is 1110. The van der Waals surface area contributed by atoms with Crippen LogP contribution in [0.25, 0.3) is 33.3 Å². The zero-order valence-electron chi connectivity index (χ0n) is 14.1. The summed E-state index contributed by atoms with van der Waals surface area (Å²) >= 11 is 0. The fourth-order valence-corrected chi connectivity index (χ4v) is 3.08. The third-order valence-corrected chi connectivity index (χ3v) is 4.40. The van der Waals surface area contributed by atoms with Crippen molar-refractivity contribution in [2.24, 2.45) is 0 Å². The zero-order valence-corrected chi connectivity index (χ0v) is 14.1. The number of benzene rings is 3. The first kappa shape index (κ1) is 16.2. The Morgan fingerprint density at radius 1 is 0.731 bits per heavy atom. The number of rotatable bonds is 3. The van der Waals surface area contributed by atoms with Crippen molar-refractivity contribution in [1.82, 2.24) is 4.98 Å². The number of halogens is 2. The van der Waals surface area contributed by atoms with E-state index in [-0.39, 0.29) is 11.6 Å². The number of hydrogen-bond donors (Lipinski definition) is 1. The largest absolute Gasteiger partial charge is 0.388 e. The van der Waals surface area contributed by atoms with E-state index in [1.165, 1.54) is 12.1 Å². The third-order valence-electron chi connectivity index (χ3n) is 4.40. The average molecular weight is 346 g/mol. The smallest absolute Gasteiger partial charge is 0.132 e. The highest BCUT2D eigenvalue weighted by molar-refractivity contribution is 5.93. The molecule has 4 aromatic rings. The Balaban J connectivity index is 2.07. The fraction of sp³-hybridized carbons (Fsp3) is 0.0455. The van der Waals surface area contributed by atoms with Crippen LogP contribution in [0.4, 0.5) is 14.5 Å². The summed E-state index contributed by atoms with van der Waals surface area (Å²) in [6, 6.07) is 20.5. The van der Waals surface area contributed by atoms with Crippen LogP contribution >= 0.6 is 0 Å². The van der Waals surface area contributed by atoms with Crippen molar-refractivity contribution in [2.75, 3.05) is 12.4 Å². The number of anilines is 1. The quantitative estimate of drug-likeness (QED) is 0.500. The van der Waals surface area contributed by atoms with E-state index in [9.17, 15) is 8.78 Å². The van der Waals surface area contributed by atoms with Crippen molar-refractivity contribution in [2.45, 2.75) is 0 Å². The standard InChI is InChI=1S/C22H16F2N2/c1-25-15-10-11-21-14(12-15)13-18(16-6-2-4-8-19(16)23)22(26-21)17-7-3-5-9-20(17)24/h2-13,25H,1H3. The molecule has 0 saturated heterocycles. The Morgan fingerprint density at radius 2 is 1.38 bits per heavy atom. The van der Waals surface area contributed by atoms with Crippen molar-refractivity contribution >= 4 is 16.6 Å². The summed E-state index contributed by atoms with van der Waals surface area (Å²) in [7, 11) is 1.83. The van der Waals surface area contributed by atoms with Gasteiger partial charge in [-0.05, 0) is 42.5 Å². The predicted octanol–water partition coefficient (Wildman–Crippen LogP) is 5.89. The average Bonchev–Trinajstić information content (AvgIpc) is 2.67. The molecule has 0 aliphatic heterocycles. The maximum absolute atomic E-state index is 14.5. The summed E-state index contributed by atoms with van der Waals surface area (Å²) < 4.78 is 28.9. The molecule has 1 aromatic heterocycles. The molecular weight excluding hydrogens is 330 g/mol. The van der Waals surface area contributed by atoms with Crippen LogP contribution in [0.3, 0.4) is 0 Å². The van der Waals surface area contributed by atoms with Gasteiger partial charge in [0, 0.05) is 34.8 Å². The highest BCUT2D eigenvalue weighted by Gasteiger charge is 2.16. The van der Waals surface area contributed by atoms with Gasteiger partial charge in [-0.15, -0.1) is 0 Å². The van der Waals surface area contributed by atoms with Crippen LogP contribution in [0.15, 0.2) is 72.8 Å². The molecule has 0 atom stereocenters. The van der Waals surface area contributed by atoms with Gasteiger partial charge in [0.1, 0.15) is 11.6 Å². The maximum Gasteiger partial charge on any atom is 0.132 e. The van der Waals surface area contributed by atoms with E-state index in [0.717, 1.165) is 16.6 Å². The zero-order chi connectivity index (χ0) is 18.1. The van der Waals surface area contributed by atoms with Crippen molar-refractivity contribution in [1.29, 1.82) is 0 Å². The first-order valence-electron chi connectivity index (χ1n) is 8.30. The van der Waals surface area contributed by atoms with E-state index in [2.05, 4.69) is 10.3 Å². The molecule has 0 spiro atoms. The topological polar surface area (TPSA) is 24.9 Å². The van der Waals surface area contributed by atoms with Gasteiger partial charge in [0.05, 0.1) is 11.2 Å². The second-order valence-electron chi connectivity index (χ2n) is 6.00. The lowest BCUT2D eigenvalue weighted by atomic mass is 9.96. The summed E-state index contributed by atoms with van der Waals surface area (Å²) in [5.74, 6) is -0.750. The van der Waals surface area contributed by atoms with E-state index in [1.807, 2.05) is 31.3 Å². The van der Waals surface area contributed by atoms with E-state index in [4.69, 9.17) is 0 Å². The monoisotopic (exact) mass is 346 g/mol. The van der Waals surface area contributed by atoms with Crippen molar-refractivity contribution in [3.63, 3.8) is 0 Å². The third kappa shape index (κ3) is 2.80. The summed E-state index contributed by atoms with van der Waals surface area (Å²) in [5, 5.41) is 3.94. The summed E-state index contributed by atoms with van der Waals surface area (Å²) in [6.45, 7) is 0. The highest BCUT2D eigenvalue weighted by Crippen LogP contribution is 2.36. The van der Waals surface area contributed by atoms with Crippen molar-refractivity contribution < 1.29 is 8.78 Å². The second kappa shape index (κ2) is 6.56. The van der Waals surface area contributed by atoms with Gasteiger partial charge in [-0.1, -0.05) is 30.3 Å². The lowest BCUT2D eigenvalue weighted by Gasteiger charge is -2.13. The normalized spacial score (nSPS) is 10.9. The second-order valence-corrected chi connectivity index (χ2v) is 6.00. The van der Waals surface area contributed by atoms with Crippen molar-refractivity contribution in [3.05, 3.63) is 84.4 Å². The molecule has 26 heavy (non-hydrogen) atoms. The Kier molecular flexibility index (Phi) is 4.09. The minimum atomic E-state index is -0.385. The SMILES string of the molecule is CNc1ccc2nc(-c3ccccc3F)c(-c3ccccc3F)cc2c1. The van der Waals surface area contributed by atoms with Crippen LogP contribution in [0, 0.1) is 11.6 Å². The van der Waals surface area contributed by atoms with E-state index in [1.54, 1.807) is 36.4 Å². The van der Waals surface area contributed by atoms with Gasteiger partial charge in [-0.2, -0.15) is 0 Å². The minimum Gasteiger partial charge on any atom is -0.388 e. The molecule has 0 amide bonds. The number of hydrogen-bond acceptors (Lipinski definition) is 2. The van der Waals surface area contributed by atoms with Gasteiger partial charge in [0.25, 0.3) is 0 Å². The van der Waals surface area contributed by atoms with Crippen LogP contribution in [0.1, 0.15) is 0 Å². The molecule has 0 radical (unpaired) electrons. The lowest BCUT2D eigenvalue weighted by molar-refractivity contribution is 0.629. The van der Waals surface area contributed by atoms with Crippen LogP contribution in [0.2, 0.25) is 0 Å². The van der Waals surface area contributed by atoms with Gasteiger partial charge in [-0.25, -0.2) is 13.8 Å². The predicted molar refractivity (Wildman–Crippen MR) is 102 cm³/mol. The molecule has 0 aliphatic carbocycles. The van der Waals surface area contributed by atoms with Gasteiger partial charge in [-0.3, -0.25) is 0 Å². The Morgan fingerprint density at radius 3 is 2.04 bits per heavy atom. The molecular formula is C22H16F2N2. The molecule has 2 nitrogen and oxygen atoms in total. The maximum atomic E-state index is 14.5. The minimum absolute atomic E-state index is 0.352. The first-order valence-corrected chi connectivity index (χ1v) is 8.30. The first-order chi connectivity index (χ1) is 12.7. The van der Waals surface area contributed by atoms with Gasteiger partial charge < -0.3 is 5.32 Å². The Labute approximate surface area is 150 Å². The molecule has 4 heteroatoms. The molecule has 3 aromatic carbocycles. The molecule has 0 saturated carbocycles. The fourth-order valence-electron chi connectivity index (χ4n) is 3.08. The van der Waals surface area contributed by atoms with E-state index in [0.29, 0.717) is 22.4 Å². The molecule has 1 N–H and O–H groups in total. The number of nitrogens with zero attached hydrogens (tertiary/aromatic N) is 1. The van der Waals surface area contributed by atoms with Crippen molar-refractivity contribution in [3.8, 4) is 22.4 Å². The van der Waals surface area contributed by atoms with Crippen LogP contribution in [-0.2, 0) is 0 Å². The van der Waals surface area contributed by atoms with E-state index < -0.39 is 0 Å². The molecule has 1 heterocycles. The number of nitrogens with one attached hydrogen (secondary N) is 1. The van der Waals surface area contributed by atoms with E-state index >= 15 is 0 Å². The number of fused-ring (bicyclic) bond motifs is 1. The molecule has 128 valence electrons. The molecule has 0 aliphatic rings. The van der Waals surface area contributed by atoms with Gasteiger partial charge >= 0.3 is 0 Å².